The van der Waals surface area contributed by atoms with Gasteiger partial charge in [-0.25, -0.2) is 8.42 Å². The molecule has 0 radical (unpaired) electrons. The standard InChI is InChI=1S/C14H24N4O2S/c1-7-9-17(6)21(19,20)14-12(4)16-18(13(14)5)10-8-15-11(2)3/h1,11,15H,8-10H2,2-6H3. The van der Waals surface area contributed by atoms with Gasteiger partial charge in [-0.3, -0.25) is 4.68 Å². The quantitative estimate of drug-likeness (QED) is 0.755. The van der Waals surface area contributed by atoms with E-state index in [1.807, 2.05) is 0 Å². The minimum absolute atomic E-state index is 0.0430. The average molecular weight is 312 g/mol. The van der Waals surface area contributed by atoms with Crippen LogP contribution in [0.25, 0.3) is 0 Å². The molecule has 0 bridgehead atoms. The summed E-state index contributed by atoms with van der Waals surface area (Å²) in [6.07, 6.45) is 5.19. The highest BCUT2D eigenvalue weighted by molar-refractivity contribution is 7.89. The number of hydrogen-bond acceptors (Lipinski definition) is 4. The van der Waals surface area contributed by atoms with Crippen molar-refractivity contribution in [1.29, 1.82) is 0 Å². The summed E-state index contributed by atoms with van der Waals surface area (Å²) in [7, 11) is -2.12. The van der Waals surface area contributed by atoms with Gasteiger partial charge in [-0.05, 0) is 13.8 Å². The molecular weight excluding hydrogens is 288 g/mol. The maximum atomic E-state index is 12.5. The van der Waals surface area contributed by atoms with Crippen LogP contribution < -0.4 is 5.32 Å². The zero-order chi connectivity index (χ0) is 16.2. The molecule has 7 heteroatoms. The molecule has 0 saturated heterocycles. The Hall–Kier alpha value is -1.36. The highest BCUT2D eigenvalue weighted by atomic mass is 32.2. The van der Waals surface area contributed by atoms with Crippen LogP contribution in [0.3, 0.4) is 0 Å². The van der Waals surface area contributed by atoms with Gasteiger partial charge < -0.3 is 5.32 Å². The Morgan fingerprint density at radius 1 is 1.43 bits per heavy atom. The Morgan fingerprint density at radius 3 is 2.57 bits per heavy atom. The van der Waals surface area contributed by atoms with Crippen molar-refractivity contribution in [2.45, 2.75) is 45.2 Å². The molecule has 21 heavy (non-hydrogen) atoms. The van der Waals surface area contributed by atoms with E-state index in [1.165, 1.54) is 11.4 Å². The number of sulfonamides is 1. The second-order valence-electron chi connectivity index (χ2n) is 5.30. The fourth-order valence-corrected chi connectivity index (χ4v) is 3.55. The van der Waals surface area contributed by atoms with Gasteiger partial charge in [0.05, 0.1) is 24.5 Å². The fraction of sp³-hybridized carbons (Fsp3) is 0.643. The Kier molecular flexibility index (Phi) is 5.96. The van der Waals surface area contributed by atoms with E-state index < -0.39 is 10.0 Å². The third-order valence-electron chi connectivity index (χ3n) is 3.17. The van der Waals surface area contributed by atoms with Crippen LogP contribution in [0.4, 0.5) is 0 Å². The zero-order valence-corrected chi connectivity index (χ0v) is 14.2. The first-order chi connectivity index (χ1) is 9.71. The molecule has 6 nitrogen and oxygen atoms in total. The third kappa shape index (κ3) is 4.06. The molecule has 1 rings (SSSR count). The van der Waals surface area contributed by atoms with Gasteiger partial charge in [0, 0.05) is 19.6 Å². The van der Waals surface area contributed by atoms with Crippen LogP contribution in [0, 0.1) is 26.2 Å². The van der Waals surface area contributed by atoms with Crippen LogP contribution in [0.5, 0.6) is 0 Å². The van der Waals surface area contributed by atoms with Gasteiger partial charge in [0.25, 0.3) is 0 Å². The van der Waals surface area contributed by atoms with Crippen molar-refractivity contribution in [3.8, 4) is 12.3 Å². The largest absolute Gasteiger partial charge is 0.313 e. The summed E-state index contributed by atoms with van der Waals surface area (Å²) in [6, 6.07) is 0.381. The van der Waals surface area contributed by atoms with Crippen LogP contribution in [-0.4, -0.2) is 48.7 Å². The molecule has 0 aliphatic rings. The lowest BCUT2D eigenvalue weighted by molar-refractivity contribution is 0.497. The number of aromatic nitrogens is 2. The van der Waals surface area contributed by atoms with Crippen LogP contribution in [0.2, 0.25) is 0 Å². The van der Waals surface area contributed by atoms with Gasteiger partial charge in [-0.2, -0.15) is 9.40 Å². The van der Waals surface area contributed by atoms with Crippen molar-refractivity contribution < 1.29 is 8.42 Å². The summed E-state index contributed by atoms with van der Waals surface area (Å²) in [6.45, 7) is 9.00. The van der Waals surface area contributed by atoms with Crippen molar-refractivity contribution in [3.05, 3.63) is 11.4 Å². The first-order valence-corrected chi connectivity index (χ1v) is 8.33. The van der Waals surface area contributed by atoms with Gasteiger partial charge in [0.15, 0.2) is 0 Å². The van der Waals surface area contributed by atoms with Crippen molar-refractivity contribution >= 4 is 10.0 Å². The molecule has 0 aromatic carbocycles. The molecular formula is C14H24N4O2S. The molecule has 1 aromatic rings. The SMILES string of the molecule is C#CCN(C)S(=O)(=O)c1c(C)nn(CCNC(C)C)c1C. The fourth-order valence-electron chi connectivity index (χ4n) is 2.10. The molecule has 1 aromatic heterocycles. The summed E-state index contributed by atoms with van der Waals surface area (Å²) in [5.74, 6) is 2.35. The molecule has 0 aliphatic heterocycles. The number of nitrogens with one attached hydrogen (secondary N) is 1. The molecule has 0 aliphatic carbocycles. The molecule has 0 amide bonds. The van der Waals surface area contributed by atoms with Crippen molar-refractivity contribution in [2.24, 2.45) is 0 Å². The van der Waals surface area contributed by atoms with E-state index in [4.69, 9.17) is 6.42 Å². The normalized spacial score (nSPS) is 12.1. The molecule has 1 heterocycles. The van der Waals surface area contributed by atoms with E-state index >= 15 is 0 Å². The minimum Gasteiger partial charge on any atom is -0.313 e. The van der Waals surface area contributed by atoms with Crippen LogP contribution in [0.1, 0.15) is 25.2 Å². The zero-order valence-electron chi connectivity index (χ0n) is 13.3. The van der Waals surface area contributed by atoms with Gasteiger partial charge in [-0.1, -0.05) is 19.8 Å². The minimum atomic E-state index is -3.60. The van der Waals surface area contributed by atoms with Crippen molar-refractivity contribution in [2.75, 3.05) is 20.1 Å². The van der Waals surface area contributed by atoms with Gasteiger partial charge in [0.2, 0.25) is 10.0 Å². The lowest BCUT2D eigenvalue weighted by Crippen LogP contribution is -2.29. The van der Waals surface area contributed by atoms with Crippen LogP contribution >= 0.6 is 0 Å². The number of hydrogen-bond donors (Lipinski definition) is 1. The third-order valence-corrected chi connectivity index (χ3v) is 5.23. The number of aryl methyl sites for hydroxylation is 1. The lowest BCUT2D eigenvalue weighted by Gasteiger charge is -2.14. The van der Waals surface area contributed by atoms with E-state index in [2.05, 4.69) is 30.2 Å². The lowest BCUT2D eigenvalue weighted by atomic mass is 10.4. The van der Waals surface area contributed by atoms with Gasteiger partial charge in [-0.15, -0.1) is 6.42 Å². The predicted octanol–water partition coefficient (Wildman–Crippen LogP) is 0.752. The second-order valence-corrected chi connectivity index (χ2v) is 7.28. The van der Waals surface area contributed by atoms with Gasteiger partial charge >= 0.3 is 0 Å². The molecule has 0 spiro atoms. The summed E-state index contributed by atoms with van der Waals surface area (Å²) in [4.78, 5) is 0.254. The highest BCUT2D eigenvalue weighted by Gasteiger charge is 2.28. The summed E-state index contributed by atoms with van der Waals surface area (Å²) >= 11 is 0. The van der Waals surface area contributed by atoms with E-state index in [9.17, 15) is 8.42 Å². The maximum Gasteiger partial charge on any atom is 0.247 e. The highest BCUT2D eigenvalue weighted by Crippen LogP contribution is 2.22. The Bertz CT molecular complexity index is 626. The first kappa shape index (κ1) is 17.7. The number of nitrogens with zero attached hydrogens (tertiary/aromatic N) is 3. The average Bonchev–Trinajstić information content (AvgIpc) is 2.64. The topological polar surface area (TPSA) is 67.2 Å². The number of rotatable bonds is 7. The molecule has 0 fully saturated rings. The monoisotopic (exact) mass is 312 g/mol. The first-order valence-electron chi connectivity index (χ1n) is 6.89. The van der Waals surface area contributed by atoms with Crippen molar-refractivity contribution in [1.82, 2.24) is 19.4 Å². The molecule has 0 atom stereocenters. The summed E-state index contributed by atoms with van der Waals surface area (Å²) < 4.78 is 27.9. The number of terminal acetylenes is 1. The van der Waals surface area contributed by atoms with E-state index in [1.54, 1.807) is 18.5 Å². The summed E-state index contributed by atoms with van der Waals surface area (Å²) in [5, 5.41) is 7.62. The maximum absolute atomic E-state index is 12.5. The predicted molar refractivity (Wildman–Crippen MR) is 83.5 cm³/mol. The summed E-state index contributed by atoms with van der Waals surface area (Å²) in [5.41, 5.74) is 1.14. The second kappa shape index (κ2) is 7.07. The Morgan fingerprint density at radius 2 is 2.05 bits per heavy atom. The van der Waals surface area contributed by atoms with Crippen LogP contribution in [0.15, 0.2) is 4.90 Å². The molecule has 0 saturated carbocycles. The van der Waals surface area contributed by atoms with Crippen LogP contribution in [-0.2, 0) is 16.6 Å². The van der Waals surface area contributed by atoms with E-state index in [0.29, 0.717) is 24.0 Å². The van der Waals surface area contributed by atoms with E-state index in [-0.39, 0.29) is 11.4 Å². The van der Waals surface area contributed by atoms with Crippen molar-refractivity contribution in [3.63, 3.8) is 0 Å². The van der Waals surface area contributed by atoms with E-state index in [0.717, 1.165) is 6.54 Å². The molecule has 1 N–H and O–H groups in total. The molecule has 0 unspecified atom stereocenters. The molecule has 118 valence electrons. The smallest absolute Gasteiger partial charge is 0.247 e. The Labute approximate surface area is 127 Å². The van der Waals surface area contributed by atoms with Gasteiger partial charge in [0.1, 0.15) is 4.90 Å². The Balaban J connectivity index is 3.05.